The fourth-order valence-corrected chi connectivity index (χ4v) is 10.9. The summed E-state index contributed by atoms with van der Waals surface area (Å²) in [5.41, 5.74) is 3.50. The van der Waals surface area contributed by atoms with Crippen molar-refractivity contribution in [1.82, 2.24) is 0 Å². The first-order chi connectivity index (χ1) is 15.8. The summed E-state index contributed by atoms with van der Waals surface area (Å²) in [6, 6.07) is 18.3. The van der Waals surface area contributed by atoms with Crippen molar-refractivity contribution in [2.75, 3.05) is 0 Å². The van der Waals surface area contributed by atoms with E-state index in [2.05, 4.69) is 0 Å². The van der Waals surface area contributed by atoms with E-state index >= 15 is 8.78 Å². The average Bonchev–Trinajstić information content (AvgIpc) is 3.28. The van der Waals surface area contributed by atoms with Gasteiger partial charge in [0, 0.05) is 48.4 Å². The largest absolute Gasteiger partial charge is 0.207 e. The summed E-state index contributed by atoms with van der Waals surface area (Å²) in [5.74, 6) is -1.75. The minimum absolute atomic E-state index is 0. The zero-order valence-corrected chi connectivity index (χ0v) is 24.6. The predicted molar refractivity (Wildman–Crippen MR) is 139 cm³/mol. The SMILES string of the molecule is C[Si](Cl)(C1c2cc(F)ccc2-c2cccc(F)c21)C1c2cc(F)ccc2-c2cccc(F)c21.Cl.Cl.[Zr]. The topological polar surface area (TPSA) is 0 Å². The van der Waals surface area contributed by atoms with Crippen molar-refractivity contribution in [3.63, 3.8) is 0 Å². The molecule has 0 aliphatic heterocycles. The van der Waals surface area contributed by atoms with Crippen LogP contribution in [0, 0.1) is 23.3 Å². The van der Waals surface area contributed by atoms with E-state index in [0.717, 1.165) is 11.1 Å². The molecule has 2 aliphatic carbocycles. The van der Waals surface area contributed by atoms with Crippen LogP contribution in [0.1, 0.15) is 33.3 Å². The van der Waals surface area contributed by atoms with Gasteiger partial charge in [0.15, 0.2) is 7.38 Å². The van der Waals surface area contributed by atoms with Gasteiger partial charge in [0.1, 0.15) is 23.3 Å². The molecule has 0 N–H and O–H groups in total. The van der Waals surface area contributed by atoms with Gasteiger partial charge >= 0.3 is 0 Å². The Balaban J connectivity index is 0.00000120. The summed E-state index contributed by atoms with van der Waals surface area (Å²) in [6.45, 7) is 1.84. The first-order valence-electron chi connectivity index (χ1n) is 10.6. The van der Waals surface area contributed by atoms with Crippen LogP contribution < -0.4 is 0 Å². The number of rotatable bonds is 2. The van der Waals surface area contributed by atoms with Crippen LogP contribution in [0.4, 0.5) is 17.6 Å². The van der Waals surface area contributed by atoms with E-state index in [9.17, 15) is 8.78 Å². The summed E-state index contributed by atoms with van der Waals surface area (Å²) >= 11 is 7.47. The molecular weight excluding hydrogens is 626 g/mol. The zero-order valence-electron chi connectivity index (χ0n) is 18.8. The molecule has 6 rings (SSSR count). The number of hydrogen-bond acceptors (Lipinski definition) is 0. The maximum Gasteiger partial charge on any atom is 0.177 e. The molecule has 0 saturated carbocycles. The molecule has 0 spiro atoms. The van der Waals surface area contributed by atoms with Gasteiger partial charge in [-0.25, -0.2) is 17.6 Å². The molecule has 4 aromatic rings. The van der Waals surface area contributed by atoms with Gasteiger partial charge < -0.3 is 0 Å². The van der Waals surface area contributed by atoms with Crippen molar-refractivity contribution < 1.29 is 43.8 Å². The second kappa shape index (κ2) is 10.4. The Bertz CT molecular complexity index is 1370. The van der Waals surface area contributed by atoms with Gasteiger partial charge in [0.25, 0.3) is 0 Å². The van der Waals surface area contributed by atoms with Gasteiger partial charge in [-0.15, -0.1) is 24.8 Å². The molecule has 0 radical (unpaired) electrons. The van der Waals surface area contributed by atoms with Crippen molar-refractivity contribution in [2.24, 2.45) is 0 Å². The fraction of sp³-hybridized carbons (Fsp3) is 0.111. The minimum atomic E-state index is -3.29. The van der Waals surface area contributed by atoms with Crippen LogP contribution in [0.3, 0.4) is 0 Å². The monoisotopic (exact) mass is 642 g/mol. The number of hydrogen-bond donors (Lipinski definition) is 0. The van der Waals surface area contributed by atoms with E-state index in [1.807, 2.05) is 6.55 Å². The van der Waals surface area contributed by atoms with E-state index in [-0.39, 0.29) is 51.0 Å². The second-order valence-electron chi connectivity index (χ2n) is 8.88. The van der Waals surface area contributed by atoms with Gasteiger partial charge in [-0.05, 0) is 69.8 Å². The predicted octanol–water partition coefficient (Wildman–Crippen LogP) is 8.90. The van der Waals surface area contributed by atoms with Gasteiger partial charge in [0.2, 0.25) is 0 Å². The van der Waals surface area contributed by atoms with Gasteiger partial charge in [-0.3, -0.25) is 0 Å². The van der Waals surface area contributed by atoms with E-state index in [4.69, 9.17) is 11.1 Å². The molecule has 9 heteroatoms. The number of halogens is 7. The quantitative estimate of drug-likeness (QED) is 0.116. The molecule has 2 aliphatic rings. The van der Waals surface area contributed by atoms with Crippen molar-refractivity contribution >= 4 is 43.3 Å². The Hall–Kier alpha value is -1.43. The van der Waals surface area contributed by atoms with Gasteiger partial charge in [0.05, 0.1) is 0 Å². The Labute approximate surface area is 243 Å². The van der Waals surface area contributed by atoms with Crippen LogP contribution in [-0.2, 0) is 26.2 Å². The Morgan fingerprint density at radius 3 is 1.39 bits per heavy atom. The van der Waals surface area contributed by atoms with Gasteiger partial charge in [-0.1, -0.05) is 42.9 Å². The molecule has 2 unspecified atom stereocenters. The molecule has 0 amide bonds. The molecule has 0 heterocycles. The summed E-state index contributed by atoms with van der Waals surface area (Å²) in [6.07, 6.45) is 0. The summed E-state index contributed by atoms with van der Waals surface area (Å²) in [4.78, 5) is 0. The Morgan fingerprint density at radius 1 is 0.611 bits per heavy atom. The van der Waals surface area contributed by atoms with Crippen LogP contribution in [0.2, 0.25) is 6.55 Å². The fourth-order valence-electron chi connectivity index (χ4n) is 5.82. The van der Waals surface area contributed by atoms with E-state index in [1.165, 1.54) is 36.4 Å². The van der Waals surface area contributed by atoms with E-state index in [1.54, 1.807) is 36.4 Å². The normalized spacial score (nSPS) is 17.8. The van der Waals surface area contributed by atoms with Crippen LogP contribution in [-0.4, -0.2) is 7.38 Å². The molecule has 0 bridgehead atoms. The molecule has 0 fully saturated rings. The molecular formula is C27H19Cl3F4SiZr. The van der Waals surface area contributed by atoms with Gasteiger partial charge in [-0.2, -0.15) is 11.1 Å². The van der Waals surface area contributed by atoms with Crippen molar-refractivity contribution in [2.45, 2.75) is 17.6 Å². The first-order valence-corrected chi connectivity index (χ1v) is 14.3. The van der Waals surface area contributed by atoms with Crippen LogP contribution >= 0.6 is 35.9 Å². The third-order valence-electron chi connectivity index (χ3n) is 7.04. The maximum absolute atomic E-state index is 15.3. The number of benzene rings is 4. The molecule has 0 nitrogen and oxygen atoms in total. The van der Waals surface area contributed by atoms with E-state index in [0.29, 0.717) is 33.4 Å². The van der Waals surface area contributed by atoms with Crippen LogP contribution in [0.25, 0.3) is 22.3 Å². The Kier molecular flexibility index (Phi) is 8.40. The summed E-state index contributed by atoms with van der Waals surface area (Å²) < 4.78 is 59.4. The first kappa shape index (κ1) is 29.1. The average molecular weight is 645 g/mol. The smallest absolute Gasteiger partial charge is 0.177 e. The number of fused-ring (bicyclic) bond motifs is 6. The molecule has 36 heavy (non-hydrogen) atoms. The maximum atomic E-state index is 15.3. The Morgan fingerprint density at radius 2 is 1.00 bits per heavy atom. The molecule has 0 aromatic heterocycles. The molecule has 0 saturated heterocycles. The van der Waals surface area contributed by atoms with Crippen molar-refractivity contribution in [3.8, 4) is 22.3 Å². The molecule has 4 aromatic carbocycles. The van der Waals surface area contributed by atoms with Crippen molar-refractivity contribution in [1.29, 1.82) is 0 Å². The summed E-state index contributed by atoms with van der Waals surface area (Å²) in [5, 5.41) is 0. The molecule has 184 valence electrons. The third-order valence-corrected chi connectivity index (χ3v) is 11.8. The van der Waals surface area contributed by atoms with Crippen LogP contribution in [0.15, 0.2) is 72.8 Å². The van der Waals surface area contributed by atoms with Crippen molar-refractivity contribution in [3.05, 3.63) is 118 Å². The second-order valence-corrected chi connectivity index (χ2v) is 14.8. The van der Waals surface area contributed by atoms with Crippen LogP contribution in [0.5, 0.6) is 0 Å². The van der Waals surface area contributed by atoms with E-state index < -0.39 is 41.7 Å². The minimum Gasteiger partial charge on any atom is -0.207 e. The third kappa shape index (κ3) is 4.14. The zero-order chi connectivity index (χ0) is 23.1. The summed E-state index contributed by atoms with van der Waals surface area (Å²) in [7, 11) is -3.29. The molecule has 2 atom stereocenters. The standard InChI is InChI=1S/C27H17ClF4Si.2ClH.Zr/c1-33(28,26-20-12-14(29)8-10-16(20)18-4-2-6-22(31)24(18)26)27-21-13-15(30)9-11-17(21)19-5-3-7-23(32)25(19)27;;;/h2-13,26-27H,1H3;2*1H;.